The fourth-order valence-electron chi connectivity index (χ4n) is 1.85. The molecule has 0 bridgehead atoms. The van der Waals surface area contributed by atoms with Crippen LogP contribution in [0.25, 0.3) is 0 Å². The molecule has 0 saturated heterocycles. The van der Waals surface area contributed by atoms with E-state index >= 15 is 0 Å². The van der Waals surface area contributed by atoms with E-state index in [0.717, 1.165) is 12.2 Å². The van der Waals surface area contributed by atoms with Crippen molar-refractivity contribution in [3.05, 3.63) is 63.0 Å². The molecule has 3 rings (SSSR count). The molecule has 3 nitrogen and oxygen atoms in total. The maximum atomic E-state index is 4.04. The third-order valence-corrected chi connectivity index (χ3v) is 4.58. The molecule has 0 spiro atoms. The third kappa shape index (κ3) is 2.53. The first-order chi connectivity index (χ1) is 8.93. The first-order valence-corrected chi connectivity index (χ1v) is 7.47. The van der Waals surface area contributed by atoms with Crippen LogP contribution in [0.2, 0.25) is 0 Å². The minimum atomic E-state index is 0.272. The van der Waals surface area contributed by atoms with Crippen LogP contribution in [0.4, 0.5) is 0 Å². The zero-order valence-electron chi connectivity index (χ0n) is 9.67. The van der Waals surface area contributed by atoms with E-state index in [-0.39, 0.29) is 6.04 Å². The minimum Gasteiger partial charge on any atom is -0.347 e. The van der Waals surface area contributed by atoms with E-state index in [9.17, 15) is 0 Å². The summed E-state index contributed by atoms with van der Waals surface area (Å²) in [6.45, 7) is 0.792. The maximum absolute atomic E-state index is 4.04. The Bertz CT molecular complexity index is 521. The standard InChI is InChI=1S/C13H13N3S2/c1-3-11(17-5-1)13(12-4-2-6-18-12)15-8-10-7-14-9-16-10/h1-7,9,13,15H,8H2,(H,14,16). The number of nitrogens with one attached hydrogen (secondary N) is 2. The molecular weight excluding hydrogens is 262 g/mol. The van der Waals surface area contributed by atoms with Gasteiger partial charge in [0, 0.05) is 28.2 Å². The van der Waals surface area contributed by atoms with E-state index in [1.165, 1.54) is 9.75 Å². The second-order valence-electron chi connectivity index (χ2n) is 3.92. The van der Waals surface area contributed by atoms with Crippen LogP contribution in [0.5, 0.6) is 0 Å². The molecule has 0 aromatic carbocycles. The van der Waals surface area contributed by atoms with E-state index in [1.54, 1.807) is 29.0 Å². The topological polar surface area (TPSA) is 40.7 Å². The van der Waals surface area contributed by atoms with Gasteiger partial charge in [-0.1, -0.05) is 12.1 Å². The fourth-order valence-corrected chi connectivity index (χ4v) is 3.56. The van der Waals surface area contributed by atoms with Gasteiger partial charge in [-0.05, 0) is 22.9 Å². The number of thiophene rings is 2. The predicted molar refractivity (Wildman–Crippen MR) is 75.9 cm³/mol. The smallest absolute Gasteiger partial charge is 0.0922 e. The van der Waals surface area contributed by atoms with Crippen molar-refractivity contribution in [2.75, 3.05) is 0 Å². The summed E-state index contributed by atoms with van der Waals surface area (Å²) in [5, 5.41) is 7.81. The molecule has 5 heteroatoms. The lowest BCUT2D eigenvalue weighted by atomic mass is 10.2. The first kappa shape index (κ1) is 11.6. The number of rotatable bonds is 5. The van der Waals surface area contributed by atoms with Gasteiger partial charge in [-0.25, -0.2) is 4.98 Å². The maximum Gasteiger partial charge on any atom is 0.0922 e. The second kappa shape index (κ2) is 5.48. The fraction of sp³-hybridized carbons (Fsp3) is 0.154. The lowest BCUT2D eigenvalue weighted by Crippen LogP contribution is -2.20. The summed E-state index contributed by atoms with van der Waals surface area (Å²) in [4.78, 5) is 9.84. The summed E-state index contributed by atoms with van der Waals surface area (Å²) in [7, 11) is 0. The van der Waals surface area contributed by atoms with Gasteiger partial charge in [-0.2, -0.15) is 0 Å². The van der Waals surface area contributed by atoms with Crippen molar-refractivity contribution in [1.29, 1.82) is 0 Å². The molecule has 2 N–H and O–H groups in total. The molecule has 0 amide bonds. The van der Waals surface area contributed by atoms with Gasteiger partial charge >= 0.3 is 0 Å². The Morgan fingerprint density at radius 2 is 1.89 bits per heavy atom. The monoisotopic (exact) mass is 275 g/mol. The van der Waals surface area contributed by atoms with Crippen LogP contribution >= 0.6 is 22.7 Å². The van der Waals surface area contributed by atoms with Crippen molar-refractivity contribution < 1.29 is 0 Å². The average molecular weight is 275 g/mol. The molecule has 0 aliphatic heterocycles. The predicted octanol–water partition coefficient (Wildman–Crippen LogP) is 3.41. The van der Waals surface area contributed by atoms with Crippen molar-refractivity contribution in [2.45, 2.75) is 12.6 Å². The molecule has 0 saturated carbocycles. The van der Waals surface area contributed by atoms with E-state index in [2.05, 4.69) is 50.3 Å². The van der Waals surface area contributed by atoms with Gasteiger partial charge in [-0.15, -0.1) is 22.7 Å². The van der Waals surface area contributed by atoms with Crippen LogP contribution in [0, 0.1) is 0 Å². The Kier molecular flexibility index (Phi) is 3.54. The normalized spacial score (nSPS) is 11.2. The molecule has 0 radical (unpaired) electrons. The Morgan fingerprint density at radius 1 is 1.17 bits per heavy atom. The highest BCUT2D eigenvalue weighted by atomic mass is 32.1. The van der Waals surface area contributed by atoms with Gasteiger partial charge in [0.25, 0.3) is 0 Å². The van der Waals surface area contributed by atoms with Crippen molar-refractivity contribution in [3.8, 4) is 0 Å². The highest BCUT2D eigenvalue weighted by molar-refractivity contribution is 7.11. The number of imidazole rings is 1. The van der Waals surface area contributed by atoms with E-state index < -0.39 is 0 Å². The van der Waals surface area contributed by atoms with Crippen molar-refractivity contribution in [3.63, 3.8) is 0 Å². The van der Waals surface area contributed by atoms with Gasteiger partial charge in [0.15, 0.2) is 0 Å². The van der Waals surface area contributed by atoms with Gasteiger partial charge in [0.2, 0.25) is 0 Å². The third-order valence-electron chi connectivity index (χ3n) is 2.71. The zero-order valence-corrected chi connectivity index (χ0v) is 11.3. The SMILES string of the molecule is c1csc(C(NCc2cnc[nH]2)c2cccs2)c1. The molecule has 0 aliphatic rings. The molecule has 0 atom stereocenters. The zero-order chi connectivity index (χ0) is 12.2. The molecular formula is C13H13N3S2. The number of aromatic nitrogens is 2. The molecule has 0 fully saturated rings. The summed E-state index contributed by atoms with van der Waals surface area (Å²) < 4.78 is 0. The minimum absolute atomic E-state index is 0.272. The van der Waals surface area contributed by atoms with E-state index in [1.807, 2.05) is 6.20 Å². The number of hydrogen-bond donors (Lipinski definition) is 2. The van der Waals surface area contributed by atoms with Gasteiger partial charge < -0.3 is 4.98 Å². The van der Waals surface area contributed by atoms with Crippen molar-refractivity contribution >= 4 is 22.7 Å². The lowest BCUT2D eigenvalue weighted by Gasteiger charge is -2.15. The first-order valence-electron chi connectivity index (χ1n) is 5.71. The Morgan fingerprint density at radius 3 is 2.39 bits per heavy atom. The lowest BCUT2D eigenvalue weighted by molar-refractivity contribution is 0.614. The number of aromatic amines is 1. The Labute approximate surface area is 114 Å². The van der Waals surface area contributed by atoms with Crippen LogP contribution in [0.3, 0.4) is 0 Å². The molecule has 3 aromatic rings. The summed E-state index contributed by atoms with van der Waals surface area (Å²) in [5.74, 6) is 0. The van der Waals surface area contributed by atoms with Crippen LogP contribution in [-0.2, 0) is 6.54 Å². The average Bonchev–Trinajstić information content (AvgIpc) is 3.14. The summed E-state index contributed by atoms with van der Waals surface area (Å²) >= 11 is 3.57. The van der Waals surface area contributed by atoms with Crippen LogP contribution < -0.4 is 5.32 Å². The molecule has 18 heavy (non-hydrogen) atoms. The number of hydrogen-bond acceptors (Lipinski definition) is 4. The molecule has 0 unspecified atom stereocenters. The number of H-pyrrole nitrogens is 1. The van der Waals surface area contributed by atoms with Crippen LogP contribution in [-0.4, -0.2) is 9.97 Å². The molecule has 0 aliphatic carbocycles. The molecule has 92 valence electrons. The quantitative estimate of drug-likeness (QED) is 0.749. The second-order valence-corrected chi connectivity index (χ2v) is 5.88. The van der Waals surface area contributed by atoms with Gasteiger partial charge in [0.05, 0.1) is 12.4 Å². The Balaban J connectivity index is 1.78. The molecule has 3 heterocycles. The summed E-state index contributed by atoms with van der Waals surface area (Å²) in [6, 6.07) is 8.81. The number of nitrogens with zero attached hydrogens (tertiary/aromatic N) is 1. The molecule has 3 aromatic heterocycles. The van der Waals surface area contributed by atoms with Crippen molar-refractivity contribution in [2.24, 2.45) is 0 Å². The van der Waals surface area contributed by atoms with E-state index in [4.69, 9.17) is 0 Å². The van der Waals surface area contributed by atoms with Crippen LogP contribution in [0.15, 0.2) is 47.5 Å². The highest BCUT2D eigenvalue weighted by Gasteiger charge is 2.15. The van der Waals surface area contributed by atoms with Crippen LogP contribution in [0.1, 0.15) is 21.5 Å². The Hall–Kier alpha value is -1.43. The van der Waals surface area contributed by atoms with Gasteiger partial charge in [-0.3, -0.25) is 5.32 Å². The highest BCUT2D eigenvalue weighted by Crippen LogP contribution is 2.29. The van der Waals surface area contributed by atoms with Gasteiger partial charge in [0.1, 0.15) is 0 Å². The van der Waals surface area contributed by atoms with E-state index in [0.29, 0.717) is 0 Å². The van der Waals surface area contributed by atoms with Crippen molar-refractivity contribution in [1.82, 2.24) is 15.3 Å². The summed E-state index contributed by atoms with van der Waals surface area (Å²) in [6.07, 6.45) is 3.56. The summed E-state index contributed by atoms with van der Waals surface area (Å²) in [5.41, 5.74) is 1.10. The largest absolute Gasteiger partial charge is 0.347 e.